The van der Waals surface area contributed by atoms with Crippen molar-refractivity contribution >= 4 is 22.7 Å². The number of carbonyl (C=O) groups excluding carboxylic acids is 2. The number of Topliss-reactive ketones (excluding diaryl/α,β-unsaturated/α-hetero) is 1. The minimum absolute atomic E-state index is 0.182. The van der Waals surface area contributed by atoms with Gasteiger partial charge in [0.1, 0.15) is 0 Å². The molecule has 0 saturated heterocycles. The van der Waals surface area contributed by atoms with E-state index >= 15 is 0 Å². The lowest BCUT2D eigenvalue weighted by molar-refractivity contribution is -0.137. The highest BCUT2D eigenvalue weighted by Gasteiger charge is 2.22. The van der Waals surface area contributed by atoms with Gasteiger partial charge < -0.3 is 9.30 Å². The Bertz CT molecular complexity index is 834. The molecule has 4 nitrogen and oxygen atoms in total. The fourth-order valence-electron chi connectivity index (χ4n) is 2.47. The van der Waals surface area contributed by atoms with Crippen LogP contribution in [0.25, 0.3) is 16.6 Å². The van der Waals surface area contributed by atoms with Crippen LogP contribution in [0.4, 0.5) is 0 Å². The smallest absolute Gasteiger partial charge is 0.379 e. The summed E-state index contributed by atoms with van der Waals surface area (Å²) in [4.78, 5) is 24.1. The summed E-state index contributed by atoms with van der Waals surface area (Å²) in [6.07, 6.45) is 1.69. The third kappa shape index (κ3) is 2.39. The van der Waals surface area contributed by atoms with Gasteiger partial charge in [-0.1, -0.05) is 36.4 Å². The van der Waals surface area contributed by atoms with E-state index in [0.717, 1.165) is 16.6 Å². The van der Waals surface area contributed by atoms with Gasteiger partial charge in [0.2, 0.25) is 0 Å². The molecule has 0 N–H and O–H groups in total. The van der Waals surface area contributed by atoms with Crippen molar-refractivity contribution in [1.29, 1.82) is 0 Å². The maximum atomic E-state index is 12.3. The van der Waals surface area contributed by atoms with E-state index in [2.05, 4.69) is 0 Å². The Morgan fingerprint density at radius 1 is 1.00 bits per heavy atom. The molecule has 110 valence electrons. The van der Waals surface area contributed by atoms with Crippen molar-refractivity contribution in [2.45, 2.75) is 6.92 Å². The van der Waals surface area contributed by atoms with Gasteiger partial charge in [-0.25, -0.2) is 4.79 Å². The number of fused-ring (bicyclic) bond motifs is 1. The highest BCUT2D eigenvalue weighted by molar-refractivity contribution is 6.43. The summed E-state index contributed by atoms with van der Waals surface area (Å²) in [5.41, 5.74) is 2.17. The Balaban J connectivity index is 2.17. The van der Waals surface area contributed by atoms with Gasteiger partial charge in [-0.05, 0) is 25.1 Å². The number of carbonyl (C=O) groups is 2. The summed E-state index contributed by atoms with van der Waals surface area (Å²) in [5.74, 6) is -1.44. The number of hydrogen-bond acceptors (Lipinski definition) is 3. The highest BCUT2D eigenvalue weighted by Crippen LogP contribution is 2.25. The third-order valence-corrected chi connectivity index (χ3v) is 3.45. The summed E-state index contributed by atoms with van der Waals surface area (Å²) >= 11 is 0. The standard InChI is InChI=1S/C18H15NO3/c1-2-22-18(21)17(20)15-12-19(13-8-4-3-5-9-13)16-11-7-6-10-14(15)16/h3-12H,2H2,1H3. The molecule has 1 aromatic heterocycles. The molecule has 0 aliphatic rings. The molecule has 0 amide bonds. The van der Waals surface area contributed by atoms with Crippen molar-refractivity contribution in [3.8, 4) is 5.69 Å². The van der Waals surface area contributed by atoms with Crippen LogP contribution in [0.5, 0.6) is 0 Å². The normalized spacial score (nSPS) is 10.6. The fourth-order valence-corrected chi connectivity index (χ4v) is 2.47. The molecule has 0 saturated carbocycles. The predicted octanol–water partition coefficient (Wildman–Crippen LogP) is 3.38. The molecule has 4 heteroatoms. The van der Waals surface area contributed by atoms with Gasteiger partial charge in [-0.3, -0.25) is 4.79 Å². The van der Waals surface area contributed by atoms with Gasteiger partial charge in [-0.2, -0.15) is 0 Å². The number of nitrogens with zero attached hydrogens (tertiary/aromatic N) is 1. The van der Waals surface area contributed by atoms with Crippen LogP contribution in [0.1, 0.15) is 17.3 Å². The minimum atomic E-state index is -0.821. The number of rotatable bonds is 4. The lowest BCUT2D eigenvalue weighted by atomic mass is 10.1. The molecule has 0 aliphatic heterocycles. The van der Waals surface area contributed by atoms with Crippen LogP contribution in [-0.2, 0) is 9.53 Å². The zero-order chi connectivity index (χ0) is 15.5. The number of para-hydroxylation sites is 2. The van der Waals surface area contributed by atoms with Crippen LogP contribution in [0.15, 0.2) is 60.8 Å². The van der Waals surface area contributed by atoms with Crippen LogP contribution < -0.4 is 0 Å². The van der Waals surface area contributed by atoms with Crippen molar-refractivity contribution in [2.24, 2.45) is 0 Å². The minimum Gasteiger partial charge on any atom is -0.460 e. The van der Waals surface area contributed by atoms with Crippen molar-refractivity contribution in [1.82, 2.24) is 4.57 Å². The molecule has 2 aromatic carbocycles. The number of esters is 1. The topological polar surface area (TPSA) is 48.3 Å². The Morgan fingerprint density at radius 2 is 1.68 bits per heavy atom. The molecule has 0 fully saturated rings. The maximum absolute atomic E-state index is 12.3. The second-order valence-corrected chi connectivity index (χ2v) is 4.82. The van der Waals surface area contributed by atoms with E-state index in [9.17, 15) is 9.59 Å². The molecule has 0 aliphatic carbocycles. The Kier molecular flexibility index (Phi) is 3.74. The number of aromatic nitrogens is 1. The molecule has 22 heavy (non-hydrogen) atoms. The molecule has 0 spiro atoms. The monoisotopic (exact) mass is 293 g/mol. The average molecular weight is 293 g/mol. The molecule has 3 rings (SSSR count). The van der Waals surface area contributed by atoms with Gasteiger partial charge in [0, 0.05) is 17.3 Å². The second kappa shape index (κ2) is 5.85. The van der Waals surface area contributed by atoms with Crippen LogP contribution in [-0.4, -0.2) is 22.9 Å². The van der Waals surface area contributed by atoms with Gasteiger partial charge in [-0.15, -0.1) is 0 Å². The lowest BCUT2D eigenvalue weighted by Gasteiger charge is -2.04. The summed E-state index contributed by atoms with van der Waals surface area (Å²) in [6.45, 7) is 1.86. The van der Waals surface area contributed by atoms with E-state index in [0.29, 0.717) is 5.56 Å². The number of benzene rings is 2. The van der Waals surface area contributed by atoms with E-state index in [1.54, 1.807) is 13.1 Å². The Hall–Kier alpha value is -2.88. The maximum Gasteiger partial charge on any atom is 0.379 e. The zero-order valence-electron chi connectivity index (χ0n) is 12.2. The van der Waals surface area contributed by atoms with Gasteiger partial charge in [0.15, 0.2) is 0 Å². The van der Waals surface area contributed by atoms with E-state index in [4.69, 9.17) is 4.74 Å². The first-order chi connectivity index (χ1) is 10.7. The first kappa shape index (κ1) is 14.1. The number of ketones is 1. The largest absolute Gasteiger partial charge is 0.460 e. The van der Waals surface area contributed by atoms with Gasteiger partial charge in [0.25, 0.3) is 5.78 Å². The molecule has 0 bridgehead atoms. The van der Waals surface area contributed by atoms with Crippen molar-refractivity contribution in [3.63, 3.8) is 0 Å². The van der Waals surface area contributed by atoms with Crippen LogP contribution in [0.3, 0.4) is 0 Å². The van der Waals surface area contributed by atoms with Crippen molar-refractivity contribution in [2.75, 3.05) is 6.61 Å². The fraction of sp³-hybridized carbons (Fsp3) is 0.111. The van der Waals surface area contributed by atoms with E-state index in [1.807, 2.05) is 59.2 Å². The van der Waals surface area contributed by atoms with Crippen molar-refractivity contribution in [3.05, 3.63) is 66.4 Å². The highest BCUT2D eigenvalue weighted by atomic mass is 16.5. The Labute approximate surface area is 127 Å². The summed E-state index contributed by atoms with van der Waals surface area (Å²) < 4.78 is 6.73. The molecule has 0 radical (unpaired) electrons. The van der Waals surface area contributed by atoms with Gasteiger partial charge in [0.05, 0.1) is 17.7 Å². The average Bonchev–Trinajstić information content (AvgIpc) is 2.95. The van der Waals surface area contributed by atoms with E-state index in [1.165, 1.54) is 0 Å². The SMILES string of the molecule is CCOC(=O)C(=O)c1cn(-c2ccccc2)c2ccccc12. The second-order valence-electron chi connectivity index (χ2n) is 4.82. The Morgan fingerprint density at radius 3 is 2.41 bits per heavy atom. The summed E-state index contributed by atoms with van der Waals surface area (Å²) in [6, 6.07) is 17.2. The summed E-state index contributed by atoms with van der Waals surface area (Å²) in [7, 11) is 0. The van der Waals surface area contributed by atoms with Crippen LogP contribution >= 0.6 is 0 Å². The molecule has 3 aromatic rings. The lowest BCUT2D eigenvalue weighted by Crippen LogP contribution is -2.17. The van der Waals surface area contributed by atoms with E-state index < -0.39 is 11.8 Å². The quantitative estimate of drug-likeness (QED) is 0.421. The van der Waals surface area contributed by atoms with E-state index in [-0.39, 0.29) is 6.61 Å². The predicted molar refractivity (Wildman–Crippen MR) is 84.2 cm³/mol. The third-order valence-electron chi connectivity index (χ3n) is 3.45. The number of hydrogen-bond donors (Lipinski definition) is 0. The van der Waals surface area contributed by atoms with Gasteiger partial charge >= 0.3 is 5.97 Å². The number of ether oxygens (including phenoxy) is 1. The first-order valence-electron chi connectivity index (χ1n) is 7.09. The first-order valence-corrected chi connectivity index (χ1v) is 7.09. The van der Waals surface area contributed by atoms with Crippen molar-refractivity contribution < 1.29 is 14.3 Å². The van der Waals surface area contributed by atoms with Crippen LogP contribution in [0, 0.1) is 0 Å². The van der Waals surface area contributed by atoms with Crippen LogP contribution in [0.2, 0.25) is 0 Å². The molecule has 0 unspecified atom stereocenters. The summed E-state index contributed by atoms with van der Waals surface area (Å²) in [5, 5.41) is 0.740. The molecule has 0 atom stereocenters. The molecular weight excluding hydrogens is 278 g/mol. The molecular formula is C18H15NO3. The zero-order valence-corrected chi connectivity index (χ0v) is 12.2. The molecule has 1 heterocycles.